The highest BCUT2D eigenvalue weighted by molar-refractivity contribution is 6.32. The first-order valence-electron chi connectivity index (χ1n) is 4.82. The Bertz CT molecular complexity index is 352. The molecule has 0 saturated carbocycles. The van der Waals surface area contributed by atoms with Crippen LogP contribution in [-0.2, 0) is 4.79 Å². The molecule has 0 aliphatic carbocycles. The van der Waals surface area contributed by atoms with Gasteiger partial charge in [-0.15, -0.1) is 0 Å². The first-order chi connectivity index (χ1) is 7.61. The number of nitrogens with one attached hydrogen (secondary N) is 2. The van der Waals surface area contributed by atoms with Gasteiger partial charge in [0.15, 0.2) is 0 Å². The van der Waals surface area contributed by atoms with Crippen LogP contribution in [0.15, 0.2) is 6.07 Å². The molecule has 0 bridgehead atoms. The lowest BCUT2D eigenvalue weighted by atomic mass is 10.4. The fourth-order valence-electron chi connectivity index (χ4n) is 1.02. The van der Waals surface area contributed by atoms with Crippen molar-refractivity contribution in [2.45, 2.75) is 13.3 Å². The van der Waals surface area contributed by atoms with Crippen molar-refractivity contribution in [3.8, 4) is 0 Å². The van der Waals surface area contributed by atoms with Gasteiger partial charge in [-0.3, -0.25) is 4.79 Å². The molecular weight excluding hydrogens is 251 g/mol. The highest BCUT2D eigenvalue weighted by Crippen LogP contribution is 2.13. The summed E-state index contributed by atoms with van der Waals surface area (Å²) >= 11 is 11.2. The second-order valence-electron chi connectivity index (χ2n) is 3.07. The molecule has 1 amide bonds. The van der Waals surface area contributed by atoms with Crippen molar-refractivity contribution in [2.24, 2.45) is 0 Å². The van der Waals surface area contributed by atoms with E-state index in [1.807, 2.05) is 6.92 Å². The molecule has 0 fully saturated rings. The number of carbonyl (C=O) groups is 1. The average molecular weight is 263 g/mol. The molecule has 0 aliphatic heterocycles. The topological polar surface area (TPSA) is 66.9 Å². The zero-order chi connectivity index (χ0) is 12.0. The summed E-state index contributed by atoms with van der Waals surface area (Å²) < 4.78 is 0. The van der Waals surface area contributed by atoms with Crippen LogP contribution in [0.2, 0.25) is 10.4 Å². The standard InChI is InChI=1S/C9H12Cl2N4O/c1-2-3-12-5-8(16)14-7-4-6(10)13-9(11)15-7/h4,12H,2-3,5H2,1H3,(H,13,14,15,16). The number of hydrogen-bond acceptors (Lipinski definition) is 4. The van der Waals surface area contributed by atoms with E-state index in [2.05, 4.69) is 20.6 Å². The Morgan fingerprint density at radius 3 is 2.81 bits per heavy atom. The molecule has 0 aromatic carbocycles. The van der Waals surface area contributed by atoms with Crippen molar-refractivity contribution in [1.82, 2.24) is 15.3 Å². The van der Waals surface area contributed by atoms with Crippen molar-refractivity contribution in [2.75, 3.05) is 18.4 Å². The fraction of sp³-hybridized carbons (Fsp3) is 0.444. The Morgan fingerprint density at radius 1 is 1.44 bits per heavy atom. The van der Waals surface area contributed by atoms with Crippen molar-refractivity contribution in [3.05, 3.63) is 16.5 Å². The lowest BCUT2D eigenvalue weighted by Gasteiger charge is -2.05. The maximum atomic E-state index is 11.4. The summed E-state index contributed by atoms with van der Waals surface area (Å²) in [6.07, 6.45) is 0.971. The van der Waals surface area contributed by atoms with Gasteiger partial charge in [0.05, 0.1) is 6.54 Å². The predicted molar refractivity (Wildman–Crippen MR) is 63.8 cm³/mol. The molecular formula is C9H12Cl2N4O. The molecule has 0 saturated heterocycles. The van der Waals surface area contributed by atoms with Gasteiger partial charge in [-0.05, 0) is 24.6 Å². The predicted octanol–water partition coefficient (Wildman–Crippen LogP) is 1.72. The molecule has 1 rings (SSSR count). The Kier molecular flexibility index (Phi) is 5.45. The lowest BCUT2D eigenvalue weighted by molar-refractivity contribution is -0.115. The second-order valence-corrected chi connectivity index (χ2v) is 3.80. The third-order valence-corrected chi connectivity index (χ3v) is 2.01. The molecule has 0 radical (unpaired) electrons. The number of rotatable bonds is 5. The van der Waals surface area contributed by atoms with Gasteiger partial charge in [0, 0.05) is 6.07 Å². The summed E-state index contributed by atoms with van der Waals surface area (Å²) in [7, 11) is 0. The first-order valence-corrected chi connectivity index (χ1v) is 5.58. The number of amides is 1. The van der Waals surface area contributed by atoms with E-state index in [4.69, 9.17) is 23.2 Å². The van der Waals surface area contributed by atoms with E-state index in [-0.39, 0.29) is 22.9 Å². The summed E-state index contributed by atoms with van der Waals surface area (Å²) in [6, 6.07) is 1.44. The largest absolute Gasteiger partial charge is 0.309 e. The molecule has 1 heterocycles. The normalized spacial score (nSPS) is 10.2. The van der Waals surface area contributed by atoms with Crippen LogP contribution in [0.25, 0.3) is 0 Å². The van der Waals surface area contributed by atoms with E-state index in [1.54, 1.807) is 0 Å². The van der Waals surface area contributed by atoms with Crippen LogP contribution >= 0.6 is 23.2 Å². The smallest absolute Gasteiger partial charge is 0.239 e. The van der Waals surface area contributed by atoms with E-state index >= 15 is 0 Å². The maximum absolute atomic E-state index is 11.4. The van der Waals surface area contributed by atoms with E-state index in [0.29, 0.717) is 5.82 Å². The molecule has 88 valence electrons. The number of nitrogens with zero attached hydrogens (tertiary/aromatic N) is 2. The molecule has 16 heavy (non-hydrogen) atoms. The molecule has 0 aliphatic rings. The Labute approximate surface area is 104 Å². The summed E-state index contributed by atoms with van der Waals surface area (Å²) in [5, 5.41) is 5.72. The summed E-state index contributed by atoms with van der Waals surface area (Å²) in [5.41, 5.74) is 0. The molecule has 7 heteroatoms. The minimum atomic E-state index is -0.195. The van der Waals surface area contributed by atoms with Crippen molar-refractivity contribution in [1.29, 1.82) is 0 Å². The van der Waals surface area contributed by atoms with Gasteiger partial charge in [0.2, 0.25) is 11.2 Å². The molecule has 1 aromatic heterocycles. The van der Waals surface area contributed by atoms with E-state index in [0.717, 1.165) is 13.0 Å². The molecule has 1 aromatic rings. The van der Waals surface area contributed by atoms with Gasteiger partial charge in [-0.1, -0.05) is 18.5 Å². The van der Waals surface area contributed by atoms with Crippen LogP contribution in [0.3, 0.4) is 0 Å². The van der Waals surface area contributed by atoms with Gasteiger partial charge in [-0.2, -0.15) is 0 Å². The quantitative estimate of drug-likeness (QED) is 0.482. The Balaban J connectivity index is 2.49. The third-order valence-electron chi connectivity index (χ3n) is 1.65. The third kappa shape index (κ3) is 4.74. The molecule has 5 nitrogen and oxygen atoms in total. The van der Waals surface area contributed by atoms with Crippen LogP contribution in [0.1, 0.15) is 13.3 Å². The number of aromatic nitrogens is 2. The van der Waals surface area contributed by atoms with Gasteiger partial charge in [0.1, 0.15) is 11.0 Å². The molecule has 0 atom stereocenters. The van der Waals surface area contributed by atoms with Crippen molar-refractivity contribution in [3.63, 3.8) is 0 Å². The Hall–Kier alpha value is -0.910. The summed E-state index contributed by atoms with van der Waals surface area (Å²) in [4.78, 5) is 18.9. The van der Waals surface area contributed by atoms with Crippen LogP contribution in [-0.4, -0.2) is 29.0 Å². The minimum Gasteiger partial charge on any atom is -0.309 e. The monoisotopic (exact) mass is 262 g/mol. The number of hydrogen-bond donors (Lipinski definition) is 2. The average Bonchev–Trinajstić information content (AvgIpc) is 2.16. The van der Waals surface area contributed by atoms with E-state index in [1.165, 1.54) is 6.07 Å². The number of carbonyl (C=O) groups excluding carboxylic acids is 1. The second kappa shape index (κ2) is 6.62. The molecule has 0 unspecified atom stereocenters. The van der Waals surface area contributed by atoms with Gasteiger partial charge >= 0.3 is 0 Å². The van der Waals surface area contributed by atoms with Crippen LogP contribution < -0.4 is 10.6 Å². The highest BCUT2D eigenvalue weighted by atomic mass is 35.5. The summed E-state index contributed by atoms with van der Waals surface area (Å²) in [6.45, 7) is 3.04. The minimum absolute atomic E-state index is 0.00400. The van der Waals surface area contributed by atoms with Crippen molar-refractivity contribution < 1.29 is 4.79 Å². The number of anilines is 1. The van der Waals surface area contributed by atoms with Crippen molar-refractivity contribution >= 4 is 34.9 Å². The maximum Gasteiger partial charge on any atom is 0.239 e. The van der Waals surface area contributed by atoms with Crippen LogP contribution in [0.5, 0.6) is 0 Å². The highest BCUT2D eigenvalue weighted by Gasteiger charge is 2.05. The lowest BCUT2D eigenvalue weighted by Crippen LogP contribution is -2.28. The molecule has 0 spiro atoms. The van der Waals surface area contributed by atoms with Crippen LogP contribution in [0.4, 0.5) is 5.82 Å². The molecule has 2 N–H and O–H groups in total. The zero-order valence-electron chi connectivity index (χ0n) is 8.76. The Morgan fingerprint density at radius 2 is 2.19 bits per heavy atom. The number of halogens is 2. The van der Waals surface area contributed by atoms with Gasteiger partial charge < -0.3 is 10.6 Å². The summed E-state index contributed by atoms with van der Waals surface area (Å²) in [5.74, 6) is 0.104. The fourth-order valence-corrected chi connectivity index (χ4v) is 1.43. The van der Waals surface area contributed by atoms with Crippen LogP contribution in [0, 0.1) is 0 Å². The SMILES string of the molecule is CCCNCC(=O)Nc1cc(Cl)nc(Cl)n1. The first kappa shape index (κ1) is 13.2. The van der Waals surface area contributed by atoms with Gasteiger partial charge in [0.25, 0.3) is 0 Å². The zero-order valence-corrected chi connectivity index (χ0v) is 10.3. The van der Waals surface area contributed by atoms with E-state index in [9.17, 15) is 4.79 Å². The van der Waals surface area contributed by atoms with Gasteiger partial charge in [-0.25, -0.2) is 9.97 Å². The van der Waals surface area contributed by atoms with E-state index < -0.39 is 0 Å².